The number of rotatable bonds is 3. The van der Waals surface area contributed by atoms with Gasteiger partial charge in [-0.2, -0.15) is 0 Å². The first kappa shape index (κ1) is 14.2. The number of benzene rings is 2. The highest BCUT2D eigenvalue weighted by atomic mass is 79.9. The van der Waals surface area contributed by atoms with E-state index in [1.807, 2.05) is 60.0 Å². The van der Waals surface area contributed by atoms with Gasteiger partial charge >= 0.3 is 0 Å². The van der Waals surface area contributed by atoms with Crippen molar-refractivity contribution in [2.24, 2.45) is 0 Å². The summed E-state index contributed by atoms with van der Waals surface area (Å²) >= 11 is 5.02. The fourth-order valence-electron chi connectivity index (χ4n) is 2.03. The first-order valence-corrected chi connectivity index (χ1v) is 8.10. The summed E-state index contributed by atoms with van der Waals surface area (Å²) in [5, 5.41) is 4.86. The Morgan fingerprint density at radius 1 is 1.00 bits per heavy atom. The molecular formula is C17H12BrNOS. The van der Waals surface area contributed by atoms with Crippen LogP contribution in [0.4, 0.5) is 0 Å². The van der Waals surface area contributed by atoms with Gasteiger partial charge in [0, 0.05) is 26.4 Å². The predicted molar refractivity (Wildman–Crippen MR) is 90.6 cm³/mol. The second-order valence-corrected chi connectivity index (χ2v) is 6.38. The number of thioether (sulfide) groups is 1. The minimum atomic E-state index is -0.0761. The highest BCUT2D eigenvalue weighted by molar-refractivity contribution is 9.10. The van der Waals surface area contributed by atoms with Crippen molar-refractivity contribution in [3.8, 4) is 0 Å². The lowest BCUT2D eigenvalue weighted by Crippen LogP contribution is -2.13. The highest BCUT2D eigenvalue weighted by Gasteiger charge is 2.18. The zero-order valence-corrected chi connectivity index (χ0v) is 13.4. The molecule has 0 atom stereocenters. The first-order valence-electron chi connectivity index (χ1n) is 6.43. The molecule has 0 aromatic heterocycles. The lowest BCUT2D eigenvalue weighted by atomic mass is 10.1. The molecule has 2 aromatic rings. The minimum absolute atomic E-state index is 0.0761. The Bertz CT molecular complexity index is 720. The molecular weight excluding hydrogens is 346 g/mol. The largest absolute Gasteiger partial charge is 0.321 e. The molecule has 1 N–H and O–H groups in total. The van der Waals surface area contributed by atoms with E-state index in [9.17, 15) is 4.79 Å². The molecule has 2 aromatic carbocycles. The molecule has 1 aliphatic rings. The Morgan fingerprint density at radius 2 is 1.71 bits per heavy atom. The smallest absolute Gasteiger partial charge is 0.249 e. The molecule has 0 spiro atoms. The number of carbonyl (C=O) groups is 1. The van der Waals surface area contributed by atoms with Crippen molar-refractivity contribution >= 4 is 39.2 Å². The van der Waals surface area contributed by atoms with Crippen LogP contribution >= 0.6 is 27.7 Å². The van der Waals surface area contributed by atoms with Crippen molar-refractivity contribution in [2.75, 3.05) is 0 Å². The predicted octanol–water partition coefficient (Wildman–Crippen LogP) is 4.60. The van der Waals surface area contributed by atoms with Gasteiger partial charge in [0.05, 0.1) is 5.70 Å². The Morgan fingerprint density at radius 3 is 2.43 bits per heavy atom. The van der Waals surface area contributed by atoms with E-state index in [4.69, 9.17) is 0 Å². The zero-order valence-electron chi connectivity index (χ0n) is 11.0. The van der Waals surface area contributed by atoms with Crippen LogP contribution in [0.15, 0.2) is 81.1 Å². The van der Waals surface area contributed by atoms with E-state index in [0.29, 0.717) is 0 Å². The zero-order chi connectivity index (χ0) is 14.7. The van der Waals surface area contributed by atoms with Crippen molar-refractivity contribution in [1.82, 2.24) is 5.32 Å². The number of amides is 1. The van der Waals surface area contributed by atoms with E-state index in [2.05, 4.69) is 21.2 Å². The lowest BCUT2D eigenvalue weighted by Gasteiger charge is -2.06. The third-order valence-corrected chi connectivity index (χ3v) is 4.46. The summed E-state index contributed by atoms with van der Waals surface area (Å²) in [5.74, 6) is -0.0761. The quantitative estimate of drug-likeness (QED) is 0.813. The van der Waals surface area contributed by atoms with Crippen LogP contribution in [-0.4, -0.2) is 5.91 Å². The Kier molecular flexibility index (Phi) is 4.27. The number of nitrogens with one attached hydrogen (secondary N) is 1. The van der Waals surface area contributed by atoms with Gasteiger partial charge in [0.2, 0.25) is 5.91 Å². The third-order valence-electron chi connectivity index (χ3n) is 3.03. The first-order chi connectivity index (χ1) is 10.2. The van der Waals surface area contributed by atoms with Crippen LogP contribution in [0, 0.1) is 0 Å². The van der Waals surface area contributed by atoms with E-state index in [0.717, 1.165) is 26.2 Å². The summed E-state index contributed by atoms with van der Waals surface area (Å²) in [6, 6.07) is 18.0. The standard InChI is InChI=1S/C17H12BrNOS/c18-13-8-6-12(7-9-13)15-10-17(20)19-16(15)11-21-14-4-2-1-3-5-14/h1-11H,(H,19,20)/b16-11-. The topological polar surface area (TPSA) is 29.1 Å². The van der Waals surface area contributed by atoms with Crippen LogP contribution in [0.2, 0.25) is 0 Å². The molecule has 1 amide bonds. The number of hydrogen-bond acceptors (Lipinski definition) is 2. The molecule has 1 heterocycles. The van der Waals surface area contributed by atoms with E-state index < -0.39 is 0 Å². The van der Waals surface area contributed by atoms with Crippen molar-refractivity contribution < 1.29 is 4.79 Å². The number of allylic oxidation sites excluding steroid dienone is 1. The van der Waals surface area contributed by atoms with Crippen LogP contribution < -0.4 is 5.32 Å². The Balaban J connectivity index is 1.86. The van der Waals surface area contributed by atoms with E-state index in [-0.39, 0.29) is 5.91 Å². The van der Waals surface area contributed by atoms with Gasteiger partial charge in [0.25, 0.3) is 0 Å². The minimum Gasteiger partial charge on any atom is -0.321 e. The summed E-state index contributed by atoms with van der Waals surface area (Å²) in [6.45, 7) is 0. The summed E-state index contributed by atoms with van der Waals surface area (Å²) in [4.78, 5) is 12.8. The maximum absolute atomic E-state index is 11.7. The average Bonchev–Trinajstić information content (AvgIpc) is 2.88. The van der Waals surface area contributed by atoms with Gasteiger partial charge in [-0.3, -0.25) is 4.79 Å². The van der Waals surface area contributed by atoms with Crippen LogP contribution in [-0.2, 0) is 4.79 Å². The number of carbonyl (C=O) groups excluding carboxylic acids is 1. The van der Waals surface area contributed by atoms with Gasteiger partial charge in [0.1, 0.15) is 0 Å². The Hall–Kier alpha value is -1.78. The summed E-state index contributed by atoms with van der Waals surface area (Å²) in [7, 11) is 0. The van der Waals surface area contributed by atoms with Gasteiger partial charge < -0.3 is 5.32 Å². The van der Waals surface area contributed by atoms with E-state index in [1.165, 1.54) is 0 Å². The van der Waals surface area contributed by atoms with E-state index in [1.54, 1.807) is 17.8 Å². The molecule has 3 rings (SSSR count). The average molecular weight is 358 g/mol. The molecule has 0 bridgehead atoms. The molecule has 21 heavy (non-hydrogen) atoms. The summed E-state index contributed by atoms with van der Waals surface area (Å²) in [5.41, 5.74) is 2.79. The molecule has 2 nitrogen and oxygen atoms in total. The second-order valence-electron chi connectivity index (χ2n) is 4.52. The monoisotopic (exact) mass is 357 g/mol. The van der Waals surface area contributed by atoms with Crippen molar-refractivity contribution in [1.29, 1.82) is 0 Å². The molecule has 0 saturated heterocycles. The maximum Gasteiger partial charge on any atom is 0.249 e. The molecule has 0 radical (unpaired) electrons. The third kappa shape index (κ3) is 3.46. The SMILES string of the molecule is O=C1C=C(c2ccc(Br)cc2)/C(=C/Sc2ccccc2)N1. The van der Waals surface area contributed by atoms with Gasteiger partial charge in [-0.05, 0) is 29.8 Å². The second kappa shape index (κ2) is 6.33. The number of hydrogen-bond donors (Lipinski definition) is 1. The summed E-state index contributed by atoms with van der Waals surface area (Å²) < 4.78 is 1.02. The number of halogens is 1. The van der Waals surface area contributed by atoms with Crippen LogP contribution in [0.1, 0.15) is 5.56 Å². The normalized spacial score (nSPS) is 16.0. The van der Waals surface area contributed by atoms with E-state index >= 15 is 0 Å². The maximum atomic E-state index is 11.7. The fraction of sp³-hybridized carbons (Fsp3) is 0. The van der Waals surface area contributed by atoms with Gasteiger partial charge in [-0.15, -0.1) is 0 Å². The van der Waals surface area contributed by atoms with Crippen molar-refractivity contribution in [3.05, 3.63) is 81.8 Å². The highest BCUT2D eigenvalue weighted by Crippen LogP contribution is 2.30. The van der Waals surface area contributed by atoms with Crippen LogP contribution in [0.5, 0.6) is 0 Å². The fourth-order valence-corrected chi connectivity index (χ4v) is 3.05. The molecule has 0 unspecified atom stereocenters. The molecule has 0 aliphatic carbocycles. The van der Waals surface area contributed by atoms with Crippen molar-refractivity contribution in [3.63, 3.8) is 0 Å². The molecule has 0 fully saturated rings. The summed E-state index contributed by atoms with van der Waals surface area (Å²) in [6.07, 6.45) is 1.64. The van der Waals surface area contributed by atoms with Gasteiger partial charge in [0.15, 0.2) is 0 Å². The van der Waals surface area contributed by atoms with Gasteiger partial charge in [-0.1, -0.05) is 58.0 Å². The van der Waals surface area contributed by atoms with Crippen molar-refractivity contribution in [2.45, 2.75) is 4.90 Å². The molecule has 0 saturated carbocycles. The molecule has 104 valence electrons. The molecule has 4 heteroatoms. The van der Waals surface area contributed by atoms with Crippen LogP contribution in [0.3, 0.4) is 0 Å². The van der Waals surface area contributed by atoms with Gasteiger partial charge in [-0.25, -0.2) is 0 Å². The molecule has 1 aliphatic heterocycles. The lowest BCUT2D eigenvalue weighted by molar-refractivity contribution is -0.115. The van der Waals surface area contributed by atoms with Crippen LogP contribution in [0.25, 0.3) is 5.57 Å². The Labute approximate surface area is 136 Å².